The van der Waals surface area contributed by atoms with Gasteiger partial charge in [0.15, 0.2) is 5.78 Å². The highest BCUT2D eigenvalue weighted by atomic mass is 16.5. The van der Waals surface area contributed by atoms with Crippen molar-refractivity contribution in [2.45, 2.75) is 52.4 Å². The van der Waals surface area contributed by atoms with E-state index in [1.807, 2.05) is 6.92 Å². The molecule has 0 bridgehead atoms. The molecule has 2 saturated carbocycles. The highest BCUT2D eigenvalue weighted by Gasteiger charge is 2.60. The third-order valence-electron chi connectivity index (χ3n) is 7.17. The molecule has 0 spiro atoms. The summed E-state index contributed by atoms with van der Waals surface area (Å²) in [4.78, 5) is 37.4. The molecule has 0 unspecified atom stereocenters. The van der Waals surface area contributed by atoms with E-state index in [2.05, 4.69) is 6.58 Å². The van der Waals surface area contributed by atoms with Crippen molar-refractivity contribution in [1.29, 1.82) is 0 Å². The summed E-state index contributed by atoms with van der Waals surface area (Å²) in [5.74, 6) is -0.852. The van der Waals surface area contributed by atoms with Crippen molar-refractivity contribution in [3.63, 3.8) is 0 Å². The third-order valence-corrected chi connectivity index (χ3v) is 7.17. The van der Waals surface area contributed by atoms with Crippen LogP contribution in [0.2, 0.25) is 0 Å². The highest BCUT2D eigenvalue weighted by molar-refractivity contribution is 5.96. The first-order chi connectivity index (χ1) is 13.7. The number of hydrogen-bond acceptors (Lipinski definition) is 6. The number of carbonyl (C=O) groups excluding carboxylic acids is 3. The van der Waals surface area contributed by atoms with E-state index in [-0.39, 0.29) is 42.6 Å². The van der Waals surface area contributed by atoms with Gasteiger partial charge in [-0.2, -0.15) is 0 Å². The number of methoxy groups -OCH3 is 1. The van der Waals surface area contributed by atoms with Crippen LogP contribution in [-0.4, -0.2) is 31.4 Å². The molecule has 0 amide bonds. The molecule has 6 nitrogen and oxygen atoms in total. The molecule has 1 aromatic heterocycles. The van der Waals surface area contributed by atoms with Gasteiger partial charge in [-0.25, -0.2) is 0 Å². The molecule has 0 aromatic carbocycles. The van der Waals surface area contributed by atoms with Crippen LogP contribution in [0.3, 0.4) is 0 Å². The smallest absolute Gasteiger partial charge is 0.311 e. The maximum absolute atomic E-state index is 12.9. The molecule has 0 radical (unpaired) electrons. The zero-order chi connectivity index (χ0) is 21.2. The normalized spacial score (nSPS) is 31.6. The molecule has 1 aromatic rings. The summed E-state index contributed by atoms with van der Waals surface area (Å²) in [5.41, 5.74) is 0.320. The number of furan rings is 1. The lowest BCUT2D eigenvalue weighted by Crippen LogP contribution is -2.57. The quantitative estimate of drug-likeness (QED) is 0.400. The maximum atomic E-state index is 12.9. The lowest BCUT2D eigenvalue weighted by molar-refractivity contribution is -0.177. The molecule has 4 atom stereocenters. The highest BCUT2D eigenvalue weighted by Crippen LogP contribution is 2.62. The van der Waals surface area contributed by atoms with Gasteiger partial charge in [-0.1, -0.05) is 18.6 Å². The van der Waals surface area contributed by atoms with Gasteiger partial charge < -0.3 is 13.9 Å². The van der Waals surface area contributed by atoms with E-state index in [9.17, 15) is 14.4 Å². The number of ketones is 1. The number of hydrogen-bond donors (Lipinski definition) is 0. The standard InChI is InChI=1S/C23H30O6/c1-15-6-7-20-22(3,21(26)27-4)9-5-10-23(20,14-29-16(2)24)18(15)12-19(25)17-8-11-28-13-17/h8,11,13,18,20H,1,5-7,9-10,12,14H2,2-4H3/t18-,20-,22-,23-/m0/s1. The zero-order valence-electron chi connectivity index (χ0n) is 17.5. The number of Topliss-reactive ketones (excluding diaryl/α,β-unsaturated/α-hetero) is 1. The molecule has 3 rings (SSSR count). The fourth-order valence-corrected chi connectivity index (χ4v) is 5.76. The van der Waals surface area contributed by atoms with Crippen molar-refractivity contribution in [2.75, 3.05) is 13.7 Å². The largest absolute Gasteiger partial charge is 0.472 e. The Hall–Kier alpha value is -2.37. The van der Waals surface area contributed by atoms with Crippen LogP contribution in [0, 0.1) is 22.7 Å². The fourth-order valence-electron chi connectivity index (χ4n) is 5.76. The van der Waals surface area contributed by atoms with Gasteiger partial charge in [-0.3, -0.25) is 14.4 Å². The Kier molecular flexibility index (Phi) is 6.01. The van der Waals surface area contributed by atoms with E-state index in [1.54, 1.807) is 6.07 Å². The minimum absolute atomic E-state index is 0.0295. The lowest BCUT2D eigenvalue weighted by Gasteiger charge is -2.58. The number of carbonyl (C=O) groups is 3. The van der Waals surface area contributed by atoms with Gasteiger partial charge >= 0.3 is 11.9 Å². The van der Waals surface area contributed by atoms with Crippen LogP contribution >= 0.6 is 0 Å². The van der Waals surface area contributed by atoms with Crippen LogP contribution in [0.5, 0.6) is 0 Å². The van der Waals surface area contributed by atoms with Crippen LogP contribution in [0.1, 0.15) is 62.7 Å². The minimum Gasteiger partial charge on any atom is -0.472 e. The number of esters is 2. The van der Waals surface area contributed by atoms with E-state index < -0.39 is 10.8 Å². The first-order valence-corrected chi connectivity index (χ1v) is 10.2. The van der Waals surface area contributed by atoms with E-state index in [0.29, 0.717) is 5.56 Å². The zero-order valence-corrected chi connectivity index (χ0v) is 17.5. The SMILES string of the molecule is C=C1CC[C@@H]2[C@](COC(C)=O)(CCC[C@]2(C)C(=O)OC)[C@H]1CC(=O)c1ccoc1. The average molecular weight is 402 g/mol. The topological polar surface area (TPSA) is 82.8 Å². The van der Waals surface area contributed by atoms with Gasteiger partial charge in [-0.05, 0) is 50.5 Å². The Morgan fingerprint density at radius 1 is 1.31 bits per heavy atom. The predicted octanol–water partition coefficient (Wildman–Crippen LogP) is 4.35. The summed E-state index contributed by atoms with van der Waals surface area (Å²) in [6.07, 6.45) is 6.99. The first-order valence-electron chi connectivity index (χ1n) is 10.2. The minimum atomic E-state index is -0.676. The third kappa shape index (κ3) is 3.77. The van der Waals surface area contributed by atoms with Gasteiger partial charge in [0, 0.05) is 18.8 Å². The molecule has 2 aliphatic carbocycles. The molecule has 29 heavy (non-hydrogen) atoms. The Labute approximate surface area is 171 Å². The van der Waals surface area contributed by atoms with Crippen LogP contribution in [-0.2, 0) is 19.1 Å². The van der Waals surface area contributed by atoms with Crippen LogP contribution in [0.25, 0.3) is 0 Å². The average Bonchev–Trinajstić information content (AvgIpc) is 3.23. The van der Waals surface area contributed by atoms with Crippen molar-refractivity contribution >= 4 is 17.7 Å². The van der Waals surface area contributed by atoms with Gasteiger partial charge in [0.2, 0.25) is 0 Å². The molecular weight excluding hydrogens is 372 g/mol. The van der Waals surface area contributed by atoms with Crippen LogP contribution < -0.4 is 0 Å². The molecule has 6 heteroatoms. The second-order valence-corrected chi connectivity index (χ2v) is 8.72. The summed E-state index contributed by atoms with van der Waals surface area (Å²) >= 11 is 0. The van der Waals surface area contributed by atoms with Gasteiger partial charge in [0.25, 0.3) is 0 Å². The van der Waals surface area contributed by atoms with Crippen LogP contribution in [0.15, 0.2) is 35.2 Å². The molecule has 0 aliphatic heterocycles. The molecule has 0 saturated heterocycles. The molecule has 1 heterocycles. The second-order valence-electron chi connectivity index (χ2n) is 8.72. The first kappa shape index (κ1) is 21.3. The molecule has 158 valence electrons. The Morgan fingerprint density at radius 2 is 2.07 bits per heavy atom. The predicted molar refractivity (Wildman–Crippen MR) is 106 cm³/mol. The molecule has 2 fully saturated rings. The monoisotopic (exact) mass is 402 g/mol. The number of ether oxygens (including phenoxy) is 2. The fraction of sp³-hybridized carbons (Fsp3) is 0.609. The number of rotatable bonds is 6. The number of fused-ring (bicyclic) bond motifs is 1. The Morgan fingerprint density at radius 3 is 2.69 bits per heavy atom. The molecular formula is C23H30O6. The molecule has 0 N–H and O–H groups in total. The lowest BCUT2D eigenvalue weighted by atomic mass is 9.46. The summed E-state index contributed by atoms with van der Waals surface area (Å²) in [7, 11) is 1.41. The maximum Gasteiger partial charge on any atom is 0.311 e. The van der Waals surface area contributed by atoms with Crippen molar-refractivity contribution in [3.05, 3.63) is 36.3 Å². The summed E-state index contributed by atoms with van der Waals surface area (Å²) in [6.45, 7) is 7.79. The summed E-state index contributed by atoms with van der Waals surface area (Å²) < 4.78 is 15.8. The van der Waals surface area contributed by atoms with Gasteiger partial charge in [-0.15, -0.1) is 0 Å². The summed E-state index contributed by atoms with van der Waals surface area (Å²) in [6, 6.07) is 1.66. The van der Waals surface area contributed by atoms with E-state index in [1.165, 1.54) is 26.6 Å². The summed E-state index contributed by atoms with van der Waals surface area (Å²) in [5, 5.41) is 0. The van der Waals surface area contributed by atoms with E-state index in [0.717, 1.165) is 37.7 Å². The van der Waals surface area contributed by atoms with Gasteiger partial charge in [0.1, 0.15) is 6.26 Å². The van der Waals surface area contributed by atoms with Crippen molar-refractivity contribution in [2.24, 2.45) is 22.7 Å². The van der Waals surface area contributed by atoms with Crippen molar-refractivity contribution in [1.82, 2.24) is 0 Å². The van der Waals surface area contributed by atoms with Crippen LogP contribution in [0.4, 0.5) is 0 Å². The number of allylic oxidation sites excluding steroid dienone is 1. The van der Waals surface area contributed by atoms with E-state index in [4.69, 9.17) is 13.9 Å². The van der Waals surface area contributed by atoms with Crippen molar-refractivity contribution in [3.8, 4) is 0 Å². The van der Waals surface area contributed by atoms with Gasteiger partial charge in [0.05, 0.1) is 31.0 Å². The second kappa shape index (κ2) is 8.17. The Balaban J connectivity index is 2.02. The van der Waals surface area contributed by atoms with E-state index >= 15 is 0 Å². The Bertz CT molecular complexity index is 794. The van der Waals surface area contributed by atoms with Crippen molar-refractivity contribution < 1.29 is 28.3 Å². The molecule has 2 aliphatic rings.